The van der Waals surface area contributed by atoms with E-state index >= 15 is 0 Å². The molecule has 6 nitrogen and oxygen atoms in total. The van der Waals surface area contributed by atoms with Crippen molar-refractivity contribution in [2.75, 3.05) is 5.32 Å². The molecule has 9 heteroatoms. The fourth-order valence-electron chi connectivity index (χ4n) is 1.97. The first-order valence-electron chi connectivity index (χ1n) is 7.18. The van der Waals surface area contributed by atoms with Crippen LogP contribution in [0, 0.1) is 6.92 Å². The van der Waals surface area contributed by atoms with Crippen LogP contribution in [0.3, 0.4) is 0 Å². The monoisotopic (exact) mass is 400 g/mol. The number of anilines is 1. The van der Waals surface area contributed by atoms with Crippen LogP contribution in [0.15, 0.2) is 48.8 Å². The number of halogens is 3. The number of carbonyl (C=O) groups is 2. The van der Waals surface area contributed by atoms with Gasteiger partial charge < -0.3 is 16.0 Å². The molecule has 0 saturated heterocycles. The highest BCUT2D eigenvalue weighted by atomic mass is 35.6. The van der Waals surface area contributed by atoms with Crippen LogP contribution in [0.1, 0.15) is 15.9 Å². The summed E-state index contributed by atoms with van der Waals surface area (Å²) in [7, 11) is 0. The molecule has 0 fully saturated rings. The minimum atomic E-state index is -1.95. The number of nitrogens with one attached hydrogen (secondary N) is 3. The van der Waals surface area contributed by atoms with Crippen LogP contribution < -0.4 is 16.0 Å². The van der Waals surface area contributed by atoms with E-state index in [0.29, 0.717) is 11.3 Å². The summed E-state index contributed by atoms with van der Waals surface area (Å²) in [6, 6.07) is 9.57. The van der Waals surface area contributed by atoms with Crippen molar-refractivity contribution < 1.29 is 9.59 Å². The zero-order valence-electron chi connectivity index (χ0n) is 13.1. The fourth-order valence-corrected chi connectivity index (χ4v) is 2.30. The van der Waals surface area contributed by atoms with E-state index in [-0.39, 0.29) is 0 Å². The number of urea groups is 1. The normalized spacial score (nSPS) is 12.2. The van der Waals surface area contributed by atoms with Gasteiger partial charge in [-0.1, -0.05) is 53.0 Å². The van der Waals surface area contributed by atoms with Crippen molar-refractivity contribution >= 4 is 52.4 Å². The topological polar surface area (TPSA) is 83.1 Å². The second-order valence-electron chi connectivity index (χ2n) is 5.10. The van der Waals surface area contributed by atoms with Crippen molar-refractivity contribution in [2.45, 2.75) is 16.9 Å². The van der Waals surface area contributed by atoms with Gasteiger partial charge in [-0.05, 0) is 30.7 Å². The molecule has 0 spiro atoms. The number of benzene rings is 1. The molecule has 0 aliphatic carbocycles. The Morgan fingerprint density at radius 3 is 2.40 bits per heavy atom. The second kappa shape index (κ2) is 8.38. The van der Waals surface area contributed by atoms with Crippen LogP contribution in [0.2, 0.25) is 0 Å². The average Bonchev–Trinajstić information content (AvgIpc) is 2.54. The summed E-state index contributed by atoms with van der Waals surface area (Å²) in [4.78, 5) is 28.3. The quantitative estimate of drug-likeness (QED) is 0.540. The van der Waals surface area contributed by atoms with Gasteiger partial charge in [-0.3, -0.25) is 9.78 Å². The maximum Gasteiger partial charge on any atom is 0.321 e. The number of aryl methyl sites for hydroxylation is 1. The van der Waals surface area contributed by atoms with Crippen LogP contribution in [-0.2, 0) is 0 Å². The molecule has 3 amide bonds. The predicted octanol–water partition coefficient (Wildman–Crippen LogP) is 3.64. The highest BCUT2D eigenvalue weighted by Crippen LogP contribution is 2.29. The van der Waals surface area contributed by atoms with Gasteiger partial charge in [0.05, 0.1) is 11.9 Å². The minimum absolute atomic E-state index is 0.413. The number of pyridine rings is 1. The Kier molecular flexibility index (Phi) is 6.47. The second-order valence-corrected chi connectivity index (χ2v) is 7.47. The van der Waals surface area contributed by atoms with Crippen molar-refractivity contribution in [1.82, 2.24) is 15.6 Å². The average molecular weight is 402 g/mol. The summed E-state index contributed by atoms with van der Waals surface area (Å²) in [6.07, 6.45) is 1.77. The fraction of sp³-hybridized carbons (Fsp3) is 0.188. The molecule has 0 aliphatic heterocycles. The van der Waals surface area contributed by atoms with E-state index in [9.17, 15) is 9.59 Å². The van der Waals surface area contributed by atoms with Crippen molar-refractivity contribution in [2.24, 2.45) is 0 Å². The lowest BCUT2D eigenvalue weighted by Crippen LogP contribution is -2.56. The molecular formula is C16H15Cl3N4O2. The van der Waals surface area contributed by atoms with Gasteiger partial charge in [-0.15, -0.1) is 0 Å². The number of hydrogen-bond acceptors (Lipinski definition) is 3. The molecule has 3 N–H and O–H groups in total. The third-order valence-corrected chi connectivity index (χ3v) is 3.84. The van der Waals surface area contributed by atoms with Gasteiger partial charge in [0.1, 0.15) is 0 Å². The van der Waals surface area contributed by atoms with Gasteiger partial charge in [0, 0.05) is 11.8 Å². The largest absolute Gasteiger partial charge is 0.328 e. The van der Waals surface area contributed by atoms with Gasteiger partial charge in [0.2, 0.25) is 3.79 Å². The SMILES string of the molecule is Cc1ccccc1C(=O)NC(NC(=O)Nc1cccnc1)C(Cl)(Cl)Cl. The minimum Gasteiger partial charge on any atom is -0.328 e. The zero-order valence-corrected chi connectivity index (χ0v) is 15.4. The smallest absolute Gasteiger partial charge is 0.321 e. The number of rotatable bonds is 4. The molecule has 0 bridgehead atoms. The first kappa shape index (κ1) is 19.3. The van der Waals surface area contributed by atoms with Gasteiger partial charge in [-0.2, -0.15) is 0 Å². The van der Waals surface area contributed by atoms with Crippen LogP contribution in [0.5, 0.6) is 0 Å². The summed E-state index contributed by atoms with van der Waals surface area (Å²) < 4.78 is -1.95. The van der Waals surface area contributed by atoms with Crippen LogP contribution in [-0.4, -0.2) is 26.9 Å². The third kappa shape index (κ3) is 5.77. The van der Waals surface area contributed by atoms with Crippen LogP contribution in [0.25, 0.3) is 0 Å². The van der Waals surface area contributed by atoms with Crippen molar-refractivity contribution in [1.29, 1.82) is 0 Å². The standard InChI is InChI=1S/C16H15Cl3N4O2/c1-10-5-2-3-7-12(10)13(24)22-14(16(17,18)19)23-15(25)21-11-6-4-8-20-9-11/h2-9,14H,1H3,(H,22,24)(H2,21,23,25). The van der Waals surface area contributed by atoms with Crippen molar-refractivity contribution in [3.05, 3.63) is 59.9 Å². The molecule has 2 aromatic rings. The lowest BCUT2D eigenvalue weighted by molar-refractivity contribution is 0.0932. The molecule has 1 heterocycles. The Morgan fingerprint density at radius 1 is 1.08 bits per heavy atom. The number of aromatic nitrogens is 1. The number of amides is 3. The van der Waals surface area contributed by atoms with Gasteiger partial charge in [0.15, 0.2) is 6.17 Å². The summed E-state index contributed by atoms with van der Waals surface area (Å²) in [5.74, 6) is -0.476. The molecule has 1 atom stereocenters. The maximum absolute atomic E-state index is 12.4. The summed E-state index contributed by atoms with van der Waals surface area (Å²) in [5.41, 5.74) is 1.62. The number of nitrogens with zero attached hydrogens (tertiary/aromatic N) is 1. The molecule has 132 valence electrons. The van der Waals surface area contributed by atoms with E-state index in [1.54, 1.807) is 49.5 Å². The highest BCUT2D eigenvalue weighted by Gasteiger charge is 2.35. The van der Waals surface area contributed by atoms with Crippen molar-refractivity contribution in [3.8, 4) is 0 Å². The predicted molar refractivity (Wildman–Crippen MR) is 99.1 cm³/mol. The Labute approximate surface area is 159 Å². The summed E-state index contributed by atoms with van der Waals surface area (Å²) in [6.45, 7) is 1.78. The summed E-state index contributed by atoms with van der Waals surface area (Å²) in [5, 5.41) is 7.46. The lowest BCUT2D eigenvalue weighted by atomic mass is 10.1. The van der Waals surface area contributed by atoms with E-state index in [4.69, 9.17) is 34.8 Å². The first-order valence-corrected chi connectivity index (χ1v) is 8.31. The van der Waals surface area contributed by atoms with E-state index in [1.165, 1.54) is 6.20 Å². The maximum atomic E-state index is 12.4. The Bertz CT molecular complexity index is 751. The molecule has 0 radical (unpaired) electrons. The van der Waals surface area contributed by atoms with Gasteiger partial charge in [-0.25, -0.2) is 4.79 Å². The van der Waals surface area contributed by atoms with Crippen LogP contribution >= 0.6 is 34.8 Å². The number of carbonyl (C=O) groups excluding carboxylic acids is 2. The molecular weight excluding hydrogens is 387 g/mol. The summed E-state index contributed by atoms with van der Waals surface area (Å²) >= 11 is 17.6. The highest BCUT2D eigenvalue weighted by molar-refractivity contribution is 6.68. The van der Waals surface area contributed by atoms with Crippen LogP contribution in [0.4, 0.5) is 10.5 Å². The molecule has 1 aromatic carbocycles. The first-order chi connectivity index (χ1) is 11.8. The number of alkyl halides is 3. The van der Waals surface area contributed by atoms with Gasteiger partial charge in [0.25, 0.3) is 5.91 Å². The van der Waals surface area contributed by atoms with E-state index in [2.05, 4.69) is 20.9 Å². The number of hydrogen-bond donors (Lipinski definition) is 3. The molecule has 0 aliphatic rings. The van der Waals surface area contributed by atoms with E-state index < -0.39 is 21.9 Å². The third-order valence-electron chi connectivity index (χ3n) is 3.19. The van der Waals surface area contributed by atoms with Gasteiger partial charge >= 0.3 is 6.03 Å². The molecule has 1 unspecified atom stereocenters. The van der Waals surface area contributed by atoms with E-state index in [0.717, 1.165) is 5.56 Å². The Morgan fingerprint density at radius 2 is 1.80 bits per heavy atom. The Hall–Kier alpha value is -2.02. The zero-order chi connectivity index (χ0) is 18.4. The molecule has 25 heavy (non-hydrogen) atoms. The Balaban J connectivity index is 2.08. The molecule has 2 rings (SSSR count). The van der Waals surface area contributed by atoms with E-state index in [1.807, 2.05) is 0 Å². The molecule has 0 saturated carbocycles. The lowest BCUT2D eigenvalue weighted by Gasteiger charge is -2.26. The molecule has 1 aromatic heterocycles. The van der Waals surface area contributed by atoms with Crippen molar-refractivity contribution in [3.63, 3.8) is 0 Å².